The van der Waals surface area contributed by atoms with E-state index in [0.29, 0.717) is 0 Å². The number of carbonyl (C=O) groups is 1. The van der Waals surface area contributed by atoms with Crippen molar-refractivity contribution in [2.45, 2.75) is 38.5 Å². The highest BCUT2D eigenvalue weighted by atomic mass is 32.2. The summed E-state index contributed by atoms with van der Waals surface area (Å²) in [6.07, 6.45) is 10.2. The summed E-state index contributed by atoms with van der Waals surface area (Å²) in [6, 6.07) is 3.14. The maximum atomic E-state index is 12.4. The van der Waals surface area contributed by atoms with Crippen molar-refractivity contribution in [3.05, 3.63) is 58.0 Å². The van der Waals surface area contributed by atoms with Crippen LogP contribution in [0.15, 0.2) is 29.9 Å². The Morgan fingerprint density at radius 1 is 1.00 bits per heavy atom. The van der Waals surface area contributed by atoms with Crippen molar-refractivity contribution in [1.82, 2.24) is 14.7 Å². The number of nitrogens with zero attached hydrogens (tertiary/aromatic N) is 2. The molecule has 0 spiro atoms. The van der Waals surface area contributed by atoms with E-state index in [1.54, 1.807) is 6.07 Å². The Hall–Kier alpha value is -2.74. The first kappa shape index (κ1) is 17.7. The van der Waals surface area contributed by atoms with Crippen LogP contribution < -0.4 is 10.0 Å². The summed E-state index contributed by atoms with van der Waals surface area (Å²) in [5.74, 6) is 0.252. The maximum absolute atomic E-state index is 12.4. The number of carbonyl (C=O) groups excluding carboxylic acids is 1. The number of aryl methyl sites for hydroxylation is 2. The Labute approximate surface area is 158 Å². The predicted octanol–water partition coefficient (Wildman–Crippen LogP) is 2.58. The molecule has 140 valence electrons. The number of anilines is 1. The first-order valence-electron chi connectivity index (χ1n) is 8.97. The number of sulfonamides is 1. The van der Waals surface area contributed by atoms with E-state index in [4.69, 9.17) is 0 Å². The van der Waals surface area contributed by atoms with Crippen LogP contribution in [0.5, 0.6) is 0 Å². The predicted molar refractivity (Wildman–Crippen MR) is 103 cm³/mol. The lowest BCUT2D eigenvalue weighted by molar-refractivity contribution is 0.256. The van der Waals surface area contributed by atoms with Gasteiger partial charge in [0.1, 0.15) is 0 Å². The molecule has 1 aromatic heterocycles. The van der Waals surface area contributed by atoms with Gasteiger partial charge in [0.15, 0.2) is 5.82 Å². The molecule has 27 heavy (non-hydrogen) atoms. The largest absolute Gasteiger partial charge is 0.333 e. The van der Waals surface area contributed by atoms with E-state index in [1.165, 1.54) is 29.6 Å². The smallest absolute Gasteiger partial charge is 0.307 e. The minimum Gasteiger partial charge on any atom is -0.307 e. The van der Waals surface area contributed by atoms with Crippen molar-refractivity contribution in [1.29, 1.82) is 0 Å². The lowest BCUT2D eigenvalue weighted by atomic mass is 9.99. The van der Waals surface area contributed by atoms with E-state index >= 15 is 0 Å². The number of amides is 2. The standard InChI is InChI=1S/C19H20N4O3S/c24-19(23-27(25,26)11-8-17-20-9-3-10-21-17)22-18-15-6-1-4-13(15)12-14-5-2-7-16(14)18/h3,8-12H,1-2,4-7H2,(H2,22,23,24)/b11-8+. The zero-order chi connectivity index (χ0) is 18.9. The van der Waals surface area contributed by atoms with Crippen molar-refractivity contribution >= 4 is 27.8 Å². The van der Waals surface area contributed by atoms with Gasteiger partial charge in [0.2, 0.25) is 0 Å². The van der Waals surface area contributed by atoms with E-state index in [-0.39, 0.29) is 5.82 Å². The molecule has 7 nitrogen and oxygen atoms in total. The Balaban J connectivity index is 1.51. The maximum Gasteiger partial charge on any atom is 0.333 e. The number of aromatic nitrogens is 2. The molecule has 0 aliphatic heterocycles. The first-order valence-corrected chi connectivity index (χ1v) is 10.5. The van der Waals surface area contributed by atoms with E-state index in [2.05, 4.69) is 21.4 Å². The molecule has 2 aliphatic rings. The first-order chi connectivity index (χ1) is 13.0. The van der Waals surface area contributed by atoms with Crippen molar-refractivity contribution in [3.63, 3.8) is 0 Å². The van der Waals surface area contributed by atoms with Crippen LogP contribution in [0.25, 0.3) is 6.08 Å². The lowest BCUT2D eigenvalue weighted by Gasteiger charge is -2.16. The molecular formula is C19H20N4O3S. The Kier molecular flexibility index (Phi) is 4.65. The van der Waals surface area contributed by atoms with Crippen LogP contribution >= 0.6 is 0 Å². The molecule has 0 unspecified atom stereocenters. The monoisotopic (exact) mass is 384 g/mol. The Morgan fingerprint density at radius 3 is 2.26 bits per heavy atom. The van der Waals surface area contributed by atoms with Crippen LogP contribution in [0.4, 0.5) is 10.5 Å². The minimum absolute atomic E-state index is 0.252. The Bertz CT molecular complexity index is 985. The van der Waals surface area contributed by atoms with Crippen molar-refractivity contribution in [2.75, 3.05) is 5.32 Å². The highest BCUT2D eigenvalue weighted by Gasteiger charge is 2.25. The van der Waals surface area contributed by atoms with Crippen LogP contribution in [0.3, 0.4) is 0 Å². The molecule has 0 bridgehead atoms. The zero-order valence-electron chi connectivity index (χ0n) is 14.7. The molecule has 0 saturated carbocycles. The summed E-state index contributed by atoms with van der Waals surface area (Å²) in [6.45, 7) is 0. The highest BCUT2D eigenvalue weighted by Crippen LogP contribution is 2.38. The Morgan fingerprint density at radius 2 is 1.63 bits per heavy atom. The van der Waals surface area contributed by atoms with Gasteiger partial charge >= 0.3 is 6.03 Å². The number of hydrogen-bond acceptors (Lipinski definition) is 5. The van der Waals surface area contributed by atoms with E-state index in [0.717, 1.165) is 60.7 Å². The number of urea groups is 1. The van der Waals surface area contributed by atoms with E-state index < -0.39 is 16.1 Å². The molecule has 2 aromatic rings. The third-order valence-corrected chi connectivity index (χ3v) is 5.89. The number of fused-ring (bicyclic) bond motifs is 2. The third-order valence-electron chi connectivity index (χ3n) is 4.93. The molecule has 2 amide bonds. The number of nitrogens with one attached hydrogen (secondary N) is 2. The van der Waals surface area contributed by atoms with Crippen LogP contribution in [0.2, 0.25) is 0 Å². The number of benzene rings is 1. The van der Waals surface area contributed by atoms with Gasteiger partial charge in [-0.3, -0.25) is 0 Å². The average Bonchev–Trinajstić information content (AvgIpc) is 3.29. The molecular weight excluding hydrogens is 364 g/mol. The van der Waals surface area contributed by atoms with Gasteiger partial charge in [0.05, 0.1) is 5.41 Å². The molecule has 1 heterocycles. The number of rotatable bonds is 4. The molecule has 0 saturated heterocycles. The van der Waals surface area contributed by atoms with Crippen molar-refractivity contribution in [3.8, 4) is 0 Å². The molecule has 0 atom stereocenters. The fourth-order valence-electron chi connectivity index (χ4n) is 3.82. The molecule has 1 aromatic carbocycles. The summed E-state index contributed by atoms with van der Waals surface area (Å²) < 4.78 is 26.4. The van der Waals surface area contributed by atoms with Gasteiger partial charge in [-0.1, -0.05) is 6.07 Å². The summed E-state index contributed by atoms with van der Waals surface area (Å²) in [7, 11) is -3.95. The van der Waals surface area contributed by atoms with Crippen molar-refractivity contribution in [2.24, 2.45) is 0 Å². The topological polar surface area (TPSA) is 101 Å². The van der Waals surface area contributed by atoms with Crippen LogP contribution in [0, 0.1) is 0 Å². The van der Waals surface area contributed by atoms with E-state index in [9.17, 15) is 13.2 Å². The molecule has 8 heteroatoms. The van der Waals surface area contributed by atoms with Gasteiger partial charge in [0, 0.05) is 18.1 Å². The third kappa shape index (κ3) is 3.85. The highest BCUT2D eigenvalue weighted by molar-refractivity contribution is 7.93. The van der Waals surface area contributed by atoms with Gasteiger partial charge in [-0.25, -0.2) is 27.9 Å². The lowest BCUT2D eigenvalue weighted by Crippen LogP contribution is -2.33. The average molecular weight is 384 g/mol. The summed E-state index contributed by atoms with van der Waals surface area (Å²) in [5.41, 5.74) is 5.65. The quantitative estimate of drug-likeness (QED) is 0.844. The second-order valence-corrected chi connectivity index (χ2v) is 8.31. The number of hydrogen-bond donors (Lipinski definition) is 2. The second-order valence-electron chi connectivity index (χ2n) is 6.74. The van der Waals surface area contributed by atoms with E-state index in [1.807, 2.05) is 4.72 Å². The summed E-state index contributed by atoms with van der Waals surface area (Å²) in [5, 5.41) is 3.69. The van der Waals surface area contributed by atoms with Gasteiger partial charge in [-0.05, 0) is 72.9 Å². The SMILES string of the molecule is O=C(Nc1c2c(cc3c1CCC3)CCC2)NS(=O)(=O)/C=C/c1ncccn1. The second kappa shape index (κ2) is 7.11. The van der Waals surface area contributed by atoms with Gasteiger partial charge in [-0.15, -0.1) is 0 Å². The molecule has 2 aliphatic carbocycles. The molecule has 2 N–H and O–H groups in total. The van der Waals surface area contributed by atoms with Gasteiger partial charge in [0.25, 0.3) is 10.0 Å². The van der Waals surface area contributed by atoms with Crippen LogP contribution in [-0.4, -0.2) is 24.4 Å². The van der Waals surface area contributed by atoms with Crippen LogP contribution in [-0.2, 0) is 35.7 Å². The van der Waals surface area contributed by atoms with Gasteiger partial charge < -0.3 is 5.32 Å². The van der Waals surface area contributed by atoms with Gasteiger partial charge in [-0.2, -0.15) is 0 Å². The van der Waals surface area contributed by atoms with Crippen LogP contribution in [0.1, 0.15) is 40.9 Å². The fourth-order valence-corrected chi connectivity index (χ4v) is 4.49. The molecule has 0 fully saturated rings. The zero-order valence-corrected chi connectivity index (χ0v) is 15.6. The van der Waals surface area contributed by atoms with Crippen molar-refractivity contribution < 1.29 is 13.2 Å². The molecule has 0 radical (unpaired) electrons. The summed E-state index contributed by atoms with van der Waals surface area (Å²) in [4.78, 5) is 20.2. The summed E-state index contributed by atoms with van der Waals surface area (Å²) >= 11 is 0. The fraction of sp³-hybridized carbons (Fsp3) is 0.316. The normalized spacial score (nSPS) is 15.6. The minimum atomic E-state index is -3.95. The molecule has 4 rings (SSSR count).